The molecule has 0 saturated heterocycles. The molecule has 0 rings (SSSR count). The summed E-state index contributed by atoms with van der Waals surface area (Å²) in [5.41, 5.74) is 0. The van der Waals surface area contributed by atoms with Crippen LogP contribution >= 0.6 is 0 Å². The van der Waals surface area contributed by atoms with E-state index in [-0.39, 0.29) is 0 Å². The normalized spacial score (nSPS) is 11.9. The standard InChI is InChI=1S/C47H97N/c1-5-7-9-11-13-15-17-19-21-23-25-27-29-31-33-35-37-39-41-43-45-48(47(3)4)46-44-42-40-38-36-34-32-30-28-26-24-22-20-18-16-14-12-10-8-6-2/h47H,5-46H2,1-4H3. The van der Waals surface area contributed by atoms with E-state index in [4.69, 9.17) is 0 Å². The van der Waals surface area contributed by atoms with Crippen LogP contribution in [0.3, 0.4) is 0 Å². The summed E-state index contributed by atoms with van der Waals surface area (Å²) in [6.45, 7) is 12.1. The van der Waals surface area contributed by atoms with Crippen molar-refractivity contribution < 1.29 is 0 Å². The minimum atomic E-state index is 0.714. The van der Waals surface area contributed by atoms with Crippen molar-refractivity contribution in [3.8, 4) is 0 Å². The van der Waals surface area contributed by atoms with Crippen molar-refractivity contribution in [2.24, 2.45) is 0 Å². The van der Waals surface area contributed by atoms with Gasteiger partial charge < -0.3 is 4.90 Å². The Kier molecular flexibility index (Phi) is 43.1. The van der Waals surface area contributed by atoms with Crippen LogP contribution in [-0.2, 0) is 0 Å². The summed E-state index contributed by atoms with van der Waals surface area (Å²) < 4.78 is 0. The van der Waals surface area contributed by atoms with E-state index in [2.05, 4.69) is 32.6 Å². The highest BCUT2D eigenvalue weighted by atomic mass is 15.1. The average Bonchev–Trinajstić information content (AvgIpc) is 3.08. The van der Waals surface area contributed by atoms with Crippen molar-refractivity contribution in [1.29, 1.82) is 0 Å². The van der Waals surface area contributed by atoms with Crippen LogP contribution in [0.15, 0.2) is 0 Å². The fourth-order valence-corrected chi connectivity index (χ4v) is 7.77. The lowest BCUT2D eigenvalue weighted by Crippen LogP contribution is -2.32. The molecule has 0 bridgehead atoms. The van der Waals surface area contributed by atoms with Gasteiger partial charge in [0.2, 0.25) is 0 Å². The van der Waals surface area contributed by atoms with Crippen molar-refractivity contribution >= 4 is 0 Å². The first-order chi connectivity index (χ1) is 23.7. The highest BCUT2D eigenvalue weighted by Gasteiger charge is 2.08. The fraction of sp³-hybridized carbons (Fsp3) is 1.00. The van der Waals surface area contributed by atoms with Crippen LogP contribution in [0, 0.1) is 0 Å². The van der Waals surface area contributed by atoms with Crippen molar-refractivity contribution in [1.82, 2.24) is 4.90 Å². The van der Waals surface area contributed by atoms with Crippen LogP contribution in [-0.4, -0.2) is 24.0 Å². The van der Waals surface area contributed by atoms with Gasteiger partial charge in [0.1, 0.15) is 0 Å². The first-order valence-corrected chi connectivity index (χ1v) is 23.5. The molecule has 0 aliphatic carbocycles. The highest BCUT2D eigenvalue weighted by Crippen LogP contribution is 2.17. The fourth-order valence-electron chi connectivity index (χ4n) is 7.77. The number of rotatable bonds is 43. The third-order valence-electron chi connectivity index (χ3n) is 11.3. The van der Waals surface area contributed by atoms with Gasteiger partial charge in [-0.2, -0.15) is 0 Å². The van der Waals surface area contributed by atoms with Crippen LogP contribution in [0.1, 0.15) is 285 Å². The monoisotopic (exact) mass is 676 g/mol. The zero-order chi connectivity index (χ0) is 34.9. The predicted octanol–water partition coefficient (Wildman–Crippen LogP) is 17.3. The van der Waals surface area contributed by atoms with Gasteiger partial charge >= 0.3 is 0 Å². The summed E-state index contributed by atoms with van der Waals surface area (Å²) in [4.78, 5) is 2.77. The molecule has 0 radical (unpaired) electrons. The Balaban J connectivity index is 3.33. The molecular formula is C47H97N. The average molecular weight is 676 g/mol. The third-order valence-corrected chi connectivity index (χ3v) is 11.3. The molecule has 290 valence electrons. The van der Waals surface area contributed by atoms with Gasteiger partial charge in [-0.3, -0.25) is 0 Å². The molecule has 0 fully saturated rings. The summed E-state index contributed by atoms with van der Waals surface area (Å²) in [6, 6.07) is 0.714. The van der Waals surface area contributed by atoms with Crippen molar-refractivity contribution in [3.63, 3.8) is 0 Å². The topological polar surface area (TPSA) is 3.24 Å². The summed E-state index contributed by atoms with van der Waals surface area (Å²) >= 11 is 0. The molecule has 1 heteroatoms. The van der Waals surface area contributed by atoms with E-state index in [0.29, 0.717) is 6.04 Å². The van der Waals surface area contributed by atoms with Gasteiger partial charge in [-0.25, -0.2) is 0 Å². The smallest absolute Gasteiger partial charge is 0.00385 e. The van der Waals surface area contributed by atoms with E-state index >= 15 is 0 Å². The Labute approximate surface area is 307 Å². The molecule has 0 saturated carbocycles. The molecule has 0 aromatic rings. The Morgan fingerprint density at radius 1 is 0.229 bits per heavy atom. The summed E-state index contributed by atoms with van der Waals surface area (Å²) in [6.07, 6.45) is 58.8. The number of unbranched alkanes of at least 4 members (excludes halogenated alkanes) is 38. The maximum Gasteiger partial charge on any atom is 0.00385 e. The largest absolute Gasteiger partial charge is 0.301 e. The SMILES string of the molecule is CCCCCCCCCCCCCCCCCCCCCCN(CCCCCCCCCCCCCCCCCCCCCC)C(C)C. The summed E-state index contributed by atoms with van der Waals surface area (Å²) in [5, 5.41) is 0. The van der Waals surface area contributed by atoms with Gasteiger partial charge in [0, 0.05) is 6.04 Å². The molecule has 0 amide bonds. The van der Waals surface area contributed by atoms with Gasteiger partial charge in [-0.15, -0.1) is 0 Å². The van der Waals surface area contributed by atoms with E-state index in [9.17, 15) is 0 Å². The lowest BCUT2D eigenvalue weighted by atomic mass is 10.0. The zero-order valence-corrected chi connectivity index (χ0v) is 34.7. The Morgan fingerprint density at radius 2 is 0.375 bits per heavy atom. The lowest BCUT2D eigenvalue weighted by Gasteiger charge is -2.26. The Hall–Kier alpha value is -0.0400. The zero-order valence-electron chi connectivity index (χ0n) is 34.7. The van der Waals surface area contributed by atoms with Crippen molar-refractivity contribution in [3.05, 3.63) is 0 Å². The van der Waals surface area contributed by atoms with Gasteiger partial charge in [0.25, 0.3) is 0 Å². The van der Waals surface area contributed by atoms with Crippen LogP contribution in [0.2, 0.25) is 0 Å². The molecule has 48 heavy (non-hydrogen) atoms. The molecule has 0 atom stereocenters. The molecule has 0 spiro atoms. The molecule has 0 aliphatic rings. The van der Waals surface area contributed by atoms with E-state index in [1.54, 1.807) is 0 Å². The van der Waals surface area contributed by atoms with Gasteiger partial charge in [0.15, 0.2) is 0 Å². The number of nitrogens with zero attached hydrogens (tertiary/aromatic N) is 1. The minimum Gasteiger partial charge on any atom is -0.301 e. The quantitative estimate of drug-likeness (QED) is 0.0581. The molecule has 0 aromatic carbocycles. The van der Waals surface area contributed by atoms with Gasteiger partial charge in [0.05, 0.1) is 0 Å². The second-order valence-electron chi connectivity index (χ2n) is 16.6. The Morgan fingerprint density at radius 3 is 0.521 bits per heavy atom. The first-order valence-electron chi connectivity index (χ1n) is 23.5. The predicted molar refractivity (Wildman–Crippen MR) is 223 cm³/mol. The van der Waals surface area contributed by atoms with Crippen molar-refractivity contribution in [2.45, 2.75) is 291 Å². The van der Waals surface area contributed by atoms with Crippen molar-refractivity contribution in [2.75, 3.05) is 13.1 Å². The second kappa shape index (κ2) is 43.1. The van der Waals surface area contributed by atoms with Crippen LogP contribution in [0.4, 0.5) is 0 Å². The first kappa shape index (κ1) is 48.0. The maximum absolute atomic E-state index is 2.77. The second-order valence-corrected chi connectivity index (χ2v) is 16.6. The molecule has 0 aliphatic heterocycles. The maximum atomic E-state index is 2.77. The number of hydrogen-bond acceptors (Lipinski definition) is 1. The van der Waals surface area contributed by atoms with Crippen LogP contribution in [0.5, 0.6) is 0 Å². The molecule has 1 nitrogen and oxygen atoms in total. The third kappa shape index (κ3) is 40.4. The van der Waals surface area contributed by atoms with Gasteiger partial charge in [-0.1, -0.05) is 258 Å². The van der Waals surface area contributed by atoms with Crippen LogP contribution < -0.4 is 0 Å². The highest BCUT2D eigenvalue weighted by molar-refractivity contribution is 4.64. The molecule has 0 aromatic heterocycles. The molecule has 0 unspecified atom stereocenters. The lowest BCUT2D eigenvalue weighted by molar-refractivity contribution is 0.211. The summed E-state index contributed by atoms with van der Waals surface area (Å²) in [7, 11) is 0. The molecular weight excluding hydrogens is 579 g/mol. The Bertz CT molecular complexity index is 497. The van der Waals surface area contributed by atoms with E-state index in [1.807, 2.05) is 0 Å². The van der Waals surface area contributed by atoms with Gasteiger partial charge in [-0.05, 0) is 39.8 Å². The molecule has 0 N–H and O–H groups in total. The van der Waals surface area contributed by atoms with Crippen LogP contribution in [0.25, 0.3) is 0 Å². The van der Waals surface area contributed by atoms with E-state index in [1.165, 1.54) is 270 Å². The molecule has 0 heterocycles. The van der Waals surface area contributed by atoms with E-state index in [0.717, 1.165) is 0 Å². The van der Waals surface area contributed by atoms with E-state index < -0.39 is 0 Å². The summed E-state index contributed by atoms with van der Waals surface area (Å²) in [5.74, 6) is 0. The number of hydrogen-bond donors (Lipinski definition) is 0. The minimum absolute atomic E-state index is 0.714.